The molecule has 0 bridgehead atoms. The summed E-state index contributed by atoms with van der Waals surface area (Å²) in [4.78, 5) is 17.5. The number of alkyl halides is 3. The van der Waals surface area contributed by atoms with E-state index in [1.54, 1.807) is 0 Å². The van der Waals surface area contributed by atoms with Crippen LogP contribution in [0.1, 0.15) is 33.6 Å². The average Bonchev–Trinajstić information content (AvgIpc) is 3.23. The molecule has 0 saturated heterocycles. The van der Waals surface area contributed by atoms with E-state index in [2.05, 4.69) is 10.3 Å². The fourth-order valence-corrected chi connectivity index (χ4v) is 3.85. The lowest BCUT2D eigenvalue weighted by Crippen LogP contribution is -2.17. The number of sulfone groups is 1. The number of benzene rings is 1. The molecule has 0 atom stereocenters. The summed E-state index contributed by atoms with van der Waals surface area (Å²) in [6.07, 6.45) is -3.32. The van der Waals surface area contributed by atoms with Crippen LogP contribution in [0.4, 0.5) is 13.2 Å². The lowest BCUT2D eigenvalue weighted by atomic mass is 9.97. The molecule has 1 aliphatic rings. The van der Waals surface area contributed by atoms with Gasteiger partial charge in [0.15, 0.2) is 15.5 Å². The van der Waals surface area contributed by atoms with E-state index < -0.39 is 33.6 Å². The predicted molar refractivity (Wildman–Crippen MR) is 94.6 cm³/mol. The number of aromatic nitrogens is 2. The highest BCUT2D eigenvalue weighted by Crippen LogP contribution is 2.31. The summed E-state index contributed by atoms with van der Waals surface area (Å²) in [6, 6.07) is 3.09. The zero-order valence-electron chi connectivity index (χ0n) is 15.6. The van der Waals surface area contributed by atoms with Crippen molar-refractivity contribution >= 4 is 21.5 Å². The van der Waals surface area contributed by atoms with Gasteiger partial charge >= 0.3 is 12.1 Å². The minimum Gasteiger partial charge on any atom is -0.404 e. The Bertz CT molecular complexity index is 1120. The number of nitrogens with zero attached hydrogens (tertiary/aromatic N) is 3. The molecule has 156 valence electrons. The topological polar surface area (TPSA) is 99.8 Å². The highest BCUT2D eigenvalue weighted by molar-refractivity contribution is 7.90. The van der Waals surface area contributed by atoms with Crippen LogP contribution in [0, 0.1) is 6.92 Å². The normalized spacial score (nSPS) is 14.5. The molecule has 12 heteroatoms. The summed E-state index contributed by atoms with van der Waals surface area (Å²) in [7, 11) is -2.44. The molecule has 0 amide bonds. The van der Waals surface area contributed by atoms with E-state index >= 15 is 0 Å². The Kier molecular flexibility index (Phi) is 5.15. The summed E-state index contributed by atoms with van der Waals surface area (Å²) >= 11 is 0. The van der Waals surface area contributed by atoms with Crippen molar-refractivity contribution in [3.63, 3.8) is 0 Å². The maximum absolute atomic E-state index is 12.8. The van der Waals surface area contributed by atoms with Gasteiger partial charge in [-0.25, -0.2) is 17.9 Å². The van der Waals surface area contributed by atoms with Crippen LogP contribution in [-0.2, 0) is 27.9 Å². The first kappa shape index (κ1) is 20.8. The molecule has 0 unspecified atom stereocenters. The number of carbonyl (C=O) groups excluding carboxylic acids is 1. The molecule has 2 aromatic rings. The van der Waals surface area contributed by atoms with E-state index in [0.717, 1.165) is 10.9 Å². The van der Waals surface area contributed by atoms with Crippen LogP contribution in [-0.4, -0.2) is 42.7 Å². The number of oxime groups is 1. The third kappa shape index (κ3) is 4.11. The fourth-order valence-electron chi connectivity index (χ4n) is 2.89. The minimum absolute atomic E-state index is 0.0169. The number of rotatable bonds is 4. The standard InChI is InChI=1S/C17H16F3N3O5S/c1-9-10(16(24)28-14-8-13(17(18,19)20)21-23(14)2)4-5-12(29(3,25)26)15(9)11-6-7-27-22-11/h4-5,8H,6-7H2,1-3H3. The van der Waals surface area contributed by atoms with Gasteiger partial charge in [0.25, 0.3) is 0 Å². The molecule has 8 nitrogen and oxygen atoms in total. The molecule has 0 radical (unpaired) electrons. The van der Waals surface area contributed by atoms with Gasteiger partial charge in [-0.1, -0.05) is 5.16 Å². The minimum atomic E-state index is -4.69. The van der Waals surface area contributed by atoms with E-state index in [1.807, 2.05) is 0 Å². The van der Waals surface area contributed by atoms with Gasteiger partial charge in [0.1, 0.15) is 6.61 Å². The lowest BCUT2D eigenvalue weighted by molar-refractivity contribution is -0.141. The number of carbonyl (C=O) groups is 1. The van der Waals surface area contributed by atoms with Crippen LogP contribution in [0.3, 0.4) is 0 Å². The molecule has 1 aromatic carbocycles. The summed E-state index contributed by atoms with van der Waals surface area (Å²) < 4.78 is 68.5. The molecule has 0 N–H and O–H groups in total. The quantitative estimate of drug-likeness (QED) is 0.690. The molecule has 0 spiro atoms. The zero-order valence-corrected chi connectivity index (χ0v) is 16.4. The first-order valence-corrected chi connectivity index (χ1v) is 10.1. The largest absolute Gasteiger partial charge is 0.435 e. The third-order valence-electron chi connectivity index (χ3n) is 4.26. The van der Waals surface area contributed by atoms with Gasteiger partial charge in [0.2, 0.25) is 5.88 Å². The van der Waals surface area contributed by atoms with Crippen LogP contribution < -0.4 is 4.74 Å². The fraction of sp³-hybridized carbons (Fsp3) is 0.353. The van der Waals surface area contributed by atoms with Crippen LogP contribution >= 0.6 is 0 Å². The van der Waals surface area contributed by atoms with E-state index in [0.29, 0.717) is 18.2 Å². The summed E-state index contributed by atoms with van der Waals surface area (Å²) in [5, 5.41) is 7.11. The van der Waals surface area contributed by atoms with Crippen molar-refractivity contribution in [2.75, 3.05) is 12.9 Å². The lowest BCUT2D eigenvalue weighted by Gasteiger charge is -2.14. The second kappa shape index (κ2) is 7.17. The number of hydrogen-bond donors (Lipinski definition) is 0. The van der Waals surface area contributed by atoms with E-state index in [-0.39, 0.29) is 28.2 Å². The first-order chi connectivity index (χ1) is 13.4. The van der Waals surface area contributed by atoms with E-state index in [1.165, 1.54) is 26.1 Å². The van der Waals surface area contributed by atoms with Crippen molar-refractivity contribution in [3.8, 4) is 5.88 Å². The highest BCUT2D eigenvalue weighted by atomic mass is 32.2. The Morgan fingerprint density at radius 2 is 2.00 bits per heavy atom. The highest BCUT2D eigenvalue weighted by Gasteiger charge is 2.35. The zero-order chi connectivity index (χ0) is 21.6. The van der Waals surface area contributed by atoms with Gasteiger partial charge in [-0.3, -0.25) is 0 Å². The van der Waals surface area contributed by atoms with Crippen molar-refractivity contribution in [3.05, 3.63) is 40.6 Å². The van der Waals surface area contributed by atoms with Gasteiger partial charge in [-0.15, -0.1) is 0 Å². The summed E-state index contributed by atoms with van der Waals surface area (Å²) in [5.41, 5.74) is -0.375. The van der Waals surface area contributed by atoms with Crippen molar-refractivity contribution in [2.24, 2.45) is 12.2 Å². The van der Waals surface area contributed by atoms with Gasteiger partial charge in [-0.2, -0.15) is 18.3 Å². The second-order valence-electron chi connectivity index (χ2n) is 6.38. The first-order valence-electron chi connectivity index (χ1n) is 8.26. The molecule has 0 fully saturated rings. The molecule has 3 rings (SSSR count). The predicted octanol–water partition coefficient (Wildman–Crippen LogP) is 2.49. The number of aryl methyl sites for hydroxylation is 1. The molecule has 0 aliphatic carbocycles. The molecular weight excluding hydrogens is 415 g/mol. The molecule has 2 heterocycles. The van der Waals surface area contributed by atoms with Crippen LogP contribution in [0.15, 0.2) is 28.3 Å². The molecule has 29 heavy (non-hydrogen) atoms. The van der Waals surface area contributed by atoms with Crippen LogP contribution in [0.2, 0.25) is 0 Å². The third-order valence-corrected chi connectivity index (χ3v) is 5.40. The van der Waals surface area contributed by atoms with Crippen molar-refractivity contribution in [2.45, 2.75) is 24.4 Å². The second-order valence-corrected chi connectivity index (χ2v) is 8.37. The van der Waals surface area contributed by atoms with Crippen molar-refractivity contribution in [1.29, 1.82) is 0 Å². The Labute approximate surface area is 163 Å². The Morgan fingerprint density at radius 3 is 2.52 bits per heavy atom. The molecule has 1 aromatic heterocycles. The maximum atomic E-state index is 12.8. The molecule has 1 aliphatic heterocycles. The summed E-state index contributed by atoms with van der Waals surface area (Å²) in [6.45, 7) is 1.77. The van der Waals surface area contributed by atoms with Crippen molar-refractivity contribution in [1.82, 2.24) is 9.78 Å². The molecule has 0 saturated carbocycles. The Hall–Kier alpha value is -2.89. The number of esters is 1. The number of hydrogen-bond acceptors (Lipinski definition) is 7. The van der Waals surface area contributed by atoms with Crippen LogP contribution in [0.5, 0.6) is 5.88 Å². The smallest absolute Gasteiger partial charge is 0.404 e. The molecular formula is C17H16F3N3O5S. The van der Waals surface area contributed by atoms with Gasteiger partial charge in [-0.05, 0) is 24.6 Å². The van der Waals surface area contributed by atoms with Gasteiger partial charge in [0.05, 0.1) is 16.2 Å². The Balaban J connectivity index is 2.02. The number of halogens is 3. The Morgan fingerprint density at radius 1 is 1.31 bits per heavy atom. The number of ether oxygens (including phenoxy) is 1. The SMILES string of the molecule is Cc1c(C(=O)Oc2cc(C(F)(F)F)nn2C)ccc(S(C)(=O)=O)c1C1=NOCC1. The summed E-state index contributed by atoms with van der Waals surface area (Å²) in [5.74, 6) is -1.36. The van der Waals surface area contributed by atoms with Gasteiger partial charge < -0.3 is 9.57 Å². The van der Waals surface area contributed by atoms with E-state index in [4.69, 9.17) is 9.57 Å². The van der Waals surface area contributed by atoms with E-state index in [9.17, 15) is 26.4 Å². The van der Waals surface area contributed by atoms with Gasteiger partial charge in [0, 0.05) is 31.4 Å². The average molecular weight is 431 g/mol. The van der Waals surface area contributed by atoms with Crippen LogP contribution in [0.25, 0.3) is 0 Å². The van der Waals surface area contributed by atoms with Crippen molar-refractivity contribution < 1.29 is 36.0 Å². The maximum Gasteiger partial charge on any atom is 0.435 e. The monoisotopic (exact) mass is 431 g/mol.